The van der Waals surface area contributed by atoms with Crippen molar-refractivity contribution in [3.8, 4) is 5.75 Å². The van der Waals surface area contributed by atoms with Gasteiger partial charge in [-0.05, 0) is 18.9 Å². The fourth-order valence-corrected chi connectivity index (χ4v) is 4.65. The minimum absolute atomic E-state index is 0.0391. The molecule has 1 amide bonds. The van der Waals surface area contributed by atoms with Gasteiger partial charge in [0.2, 0.25) is 0 Å². The van der Waals surface area contributed by atoms with Crippen molar-refractivity contribution in [3.05, 3.63) is 17.7 Å². The molecule has 2 fully saturated rings. The first-order valence-electron chi connectivity index (χ1n) is 8.99. The number of fused-ring (bicyclic) bond motifs is 1. The van der Waals surface area contributed by atoms with Gasteiger partial charge in [-0.1, -0.05) is 24.2 Å². The van der Waals surface area contributed by atoms with E-state index in [4.69, 9.17) is 9.72 Å². The molecule has 1 aromatic heterocycles. The molecule has 2 N–H and O–H groups in total. The van der Waals surface area contributed by atoms with Crippen molar-refractivity contribution in [1.82, 2.24) is 15.6 Å². The maximum absolute atomic E-state index is 12.7. The molecule has 2 aromatic rings. The topological polar surface area (TPSA) is 66.5 Å². The first-order valence-corrected chi connectivity index (χ1v) is 9.81. The number of carbonyl (C=O) groups excluding carboxylic acids is 1. The number of amides is 1. The molecule has 1 aliphatic heterocycles. The largest absolute Gasteiger partial charge is 0.496 e. The highest BCUT2D eigenvalue weighted by Crippen LogP contribution is 2.34. The summed E-state index contributed by atoms with van der Waals surface area (Å²) in [7, 11) is 1.61. The van der Waals surface area contributed by atoms with Crippen LogP contribution in [0.4, 0.5) is 5.13 Å². The second-order valence-corrected chi connectivity index (χ2v) is 7.72. The Morgan fingerprint density at radius 1 is 1.32 bits per heavy atom. The summed E-state index contributed by atoms with van der Waals surface area (Å²) in [5.41, 5.74) is 1.50. The van der Waals surface area contributed by atoms with Crippen molar-refractivity contribution in [2.75, 3.05) is 38.2 Å². The number of hydrogen-bond donors (Lipinski definition) is 2. The van der Waals surface area contributed by atoms with Crippen molar-refractivity contribution >= 4 is 32.6 Å². The van der Waals surface area contributed by atoms with E-state index in [1.54, 1.807) is 18.4 Å². The SMILES string of the molecule is COc1cc2nc(N3CCNCC3)sc2cc1C(=O)NC1CCCC1. The predicted molar refractivity (Wildman–Crippen MR) is 101 cm³/mol. The Balaban J connectivity index is 1.62. The second-order valence-electron chi connectivity index (χ2n) is 6.71. The van der Waals surface area contributed by atoms with E-state index in [2.05, 4.69) is 15.5 Å². The fraction of sp³-hybridized carbons (Fsp3) is 0.556. The lowest BCUT2D eigenvalue weighted by Crippen LogP contribution is -2.43. The molecule has 0 unspecified atom stereocenters. The van der Waals surface area contributed by atoms with Crippen LogP contribution in [0.1, 0.15) is 36.0 Å². The minimum atomic E-state index is -0.0391. The maximum Gasteiger partial charge on any atom is 0.255 e. The highest BCUT2D eigenvalue weighted by molar-refractivity contribution is 7.22. The average Bonchev–Trinajstić information content (AvgIpc) is 3.30. The summed E-state index contributed by atoms with van der Waals surface area (Å²) in [6.45, 7) is 3.89. The van der Waals surface area contributed by atoms with Crippen LogP contribution in [0.2, 0.25) is 0 Å². The minimum Gasteiger partial charge on any atom is -0.496 e. The number of nitrogens with zero attached hydrogens (tertiary/aromatic N) is 2. The van der Waals surface area contributed by atoms with Gasteiger partial charge in [0, 0.05) is 38.3 Å². The third kappa shape index (κ3) is 3.43. The van der Waals surface area contributed by atoms with E-state index < -0.39 is 0 Å². The molecule has 0 radical (unpaired) electrons. The molecular weight excluding hydrogens is 336 g/mol. The lowest BCUT2D eigenvalue weighted by Gasteiger charge is -2.26. The Kier molecular flexibility index (Phi) is 4.76. The lowest BCUT2D eigenvalue weighted by molar-refractivity contribution is 0.0935. The van der Waals surface area contributed by atoms with Crippen LogP contribution >= 0.6 is 11.3 Å². The number of ether oxygens (including phenoxy) is 1. The zero-order valence-corrected chi connectivity index (χ0v) is 15.3. The van der Waals surface area contributed by atoms with Gasteiger partial charge in [-0.2, -0.15) is 0 Å². The monoisotopic (exact) mass is 360 g/mol. The molecule has 6 nitrogen and oxygen atoms in total. The van der Waals surface area contributed by atoms with Gasteiger partial charge in [0.05, 0.1) is 22.9 Å². The van der Waals surface area contributed by atoms with Crippen molar-refractivity contribution in [1.29, 1.82) is 0 Å². The molecule has 0 spiro atoms. The number of nitrogens with one attached hydrogen (secondary N) is 2. The van der Waals surface area contributed by atoms with Gasteiger partial charge in [0.15, 0.2) is 5.13 Å². The highest BCUT2D eigenvalue weighted by atomic mass is 32.1. The number of anilines is 1. The molecule has 134 valence electrons. The van der Waals surface area contributed by atoms with Crippen LogP contribution in [0.5, 0.6) is 5.75 Å². The Hall–Kier alpha value is -1.86. The van der Waals surface area contributed by atoms with Gasteiger partial charge in [0.25, 0.3) is 5.91 Å². The number of benzene rings is 1. The quantitative estimate of drug-likeness (QED) is 0.876. The lowest BCUT2D eigenvalue weighted by atomic mass is 10.1. The molecule has 1 saturated heterocycles. The number of hydrogen-bond acceptors (Lipinski definition) is 6. The van der Waals surface area contributed by atoms with Gasteiger partial charge in [-0.25, -0.2) is 4.98 Å². The Bertz CT molecular complexity index is 764. The van der Waals surface area contributed by atoms with Crippen LogP contribution in [-0.2, 0) is 0 Å². The average molecular weight is 360 g/mol. The maximum atomic E-state index is 12.7. The number of thiazole rings is 1. The van der Waals surface area contributed by atoms with Crippen molar-refractivity contribution in [3.63, 3.8) is 0 Å². The first kappa shape index (κ1) is 16.6. The summed E-state index contributed by atoms with van der Waals surface area (Å²) < 4.78 is 6.51. The molecular formula is C18H24N4O2S. The standard InChI is InChI=1S/C18H24N4O2S/c1-24-15-11-14-16(25-18(21-14)22-8-6-19-7-9-22)10-13(15)17(23)20-12-4-2-3-5-12/h10-12,19H,2-9H2,1H3,(H,20,23). The third-order valence-corrected chi connectivity index (χ3v) is 6.10. The van der Waals surface area contributed by atoms with Crippen molar-refractivity contribution in [2.45, 2.75) is 31.7 Å². The molecule has 0 atom stereocenters. The van der Waals surface area contributed by atoms with E-state index in [-0.39, 0.29) is 5.91 Å². The van der Waals surface area contributed by atoms with Crippen LogP contribution in [0, 0.1) is 0 Å². The third-order valence-electron chi connectivity index (χ3n) is 5.02. The summed E-state index contributed by atoms with van der Waals surface area (Å²) in [5, 5.41) is 7.53. The normalized spacial score (nSPS) is 18.7. The molecule has 2 heterocycles. The smallest absolute Gasteiger partial charge is 0.255 e. The number of methoxy groups -OCH3 is 1. The zero-order valence-electron chi connectivity index (χ0n) is 14.5. The van der Waals surface area contributed by atoms with Crippen LogP contribution in [0.25, 0.3) is 10.2 Å². The summed E-state index contributed by atoms with van der Waals surface area (Å²) in [6.07, 6.45) is 4.54. The Labute approximate surface area is 151 Å². The Morgan fingerprint density at radius 2 is 2.08 bits per heavy atom. The van der Waals surface area contributed by atoms with Crippen LogP contribution in [-0.4, -0.2) is 50.2 Å². The molecule has 7 heteroatoms. The summed E-state index contributed by atoms with van der Waals surface area (Å²) >= 11 is 1.65. The van der Waals surface area contributed by atoms with Gasteiger partial charge < -0.3 is 20.3 Å². The zero-order chi connectivity index (χ0) is 17.2. The number of aromatic nitrogens is 1. The Morgan fingerprint density at radius 3 is 2.80 bits per heavy atom. The number of piperazine rings is 1. The van der Waals surface area contributed by atoms with Crippen molar-refractivity contribution in [2.24, 2.45) is 0 Å². The van der Waals surface area contributed by atoms with Crippen LogP contribution < -0.4 is 20.3 Å². The molecule has 2 aliphatic rings. The molecule has 1 aromatic carbocycles. The van der Waals surface area contributed by atoms with E-state index in [0.29, 0.717) is 17.4 Å². The van der Waals surface area contributed by atoms with E-state index in [0.717, 1.165) is 54.4 Å². The first-order chi connectivity index (χ1) is 12.2. The molecule has 4 rings (SSSR count). The highest BCUT2D eigenvalue weighted by Gasteiger charge is 2.22. The van der Waals surface area contributed by atoms with E-state index >= 15 is 0 Å². The molecule has 1 saturated carbocycles. The number of carbonyl (C=O) groups is 1. The molecule has 0 bridgehead atoms. The van der Waals surface area contributed by atoms with E-state index in [1.807, 2.05) is 12.1 Å². The van der Waals surface area contributed by atoms with Gasteiger partial charge >= 0.3 is 0 Å². The molecule has 1 aliphatic carbocycles. The van der Waals surface area contributed by atoms with E-state index in [1.165, 1.54) is 12.8 Å². The van der Waals surface area contributed by atoms with Gasteiger partial charge in [-0.3, -0.25) is 4.79 Å². The van der Waals surface area contributed by atoms with Gasteiger partial charge in [-0.15, -0.1) is 0 Å². The summed E-state index contributed by atoms with van der Waals surface area (Å²) in [5.74, 6) is 0.558. The number of rotatable bonds is 4. The second kappa shape index (κ2) is 7.17. The van der Waals surface area contributed by atoms with Crippen LogP contribution in [0.15, 0.2) is 12.1 Å². The van der Waals surface area contributed by atoms with Gasteiger partial charge in [0.1, 0.15) is 5.75 Å². The summed E-state index contributed by atoms with van der Waals surface area (Å²) in [6, 6.07) is 4.12. The van der Waals surface area contributed by atoms with Crippen LogP contribution in [0.3, 0.4) is 0 Å². The summed E-state index contributed by atoms with van der Waals surface area (Å²) in [4.78, 5) is 19.8. The fourth-order valence-electron chi connectivity index (χ4n) is 3.61. The van der Waals surface area contributed by atoms with E-state index in [9.17, 15) is 4.79 Å². The van der Waals surface area contributed by atoms with Crippen molar-refractivity contribution < 1.29 is 9.53 Å². The molecule has 25 heavy (non-hydrogen) atoms. The predicted octanol–water partition coefficient (Wildman–Crippen LogP) is 2.39.